The number of amides is 1. The van der Waals surface area contributed by atoms with Gasteiger partial charge in [-0.15, -0.1) is 0 Å². The van der Waals surface area contributed by atoms with Crippen molar-refractivity contribution < 1.29 is 13.2 Å². The molecule has 0 saturated carbocycles. The quantitative estimate of drug-likeness (QED) is 0.820. The van der Waals surface area contributed by atoms with E-state index in [0.29, 0.717) is 17.8 Å². The Morgan fingerprint density at radius 3 is 2.67 bits per heavy atom. The summed E-state index contributed by atoms with van der Waals surface area (Å²) in [7, 11) is -3.41. The van der Waals surface area contributed by atoms with Crippen molar-refractivity contribution in [2.45, 2.75) is 25.7 Å². The fraction of sp³-hybridized carbons (Fsp3) is 0.400. The molecular formula is C15H20N2O3S. The number of sulfonamides is 1. The van der Waals surface area contributed by atoms with E-state index in [1.807, 2.05) is 0 Å². The van der Waals surface area contributed by atoms with Gasteiger partial charge >= 0.3 is 0 Å². The number of para-hydroxylation sites is 1. The molecule has 1 aliphatic carbocycles. The van der Waals surface area contributed by atoms with Crippen LogP contribution in [0, 0.1) is 0 Å². The van der Waals surface area contributed by atoms with Crippen molar-refractivity contribution in [1.82, 2.24) is 5.32 Å². The van der Waals surface area contributed by atoms with E-state index in [4.69, 9.17) is 0 Å². The van der Waals surface area contributed by atoms with Crippen LogP contribution in [-0.4, -0.2) is 27.1 Å². The minimum absolute atomic E-state index is 0.270. The maximum Gasteiger partial charge on any atom is 0.253 e. The summed E-state index contributed by atoms with van der Waals surface area (Å²) in [5.41, 5.74) is 1.87. The van der Waals surface area contributed by atoms with Crippen LogP contribution < -0.4 is 10.0 Å². The SMILES string of the molecule is CS(=O)(=O)Nc1ccccc1C(=O)NCC1=CCCCC1. The first-order valence-electron chi connectivity index (χ1n) is 6.98. The normalized spacial score (nSPS) is 15.2. The smallest absolute Gasteiger partial charge is 0.253 e. The first-order valence-corrected chi connectivity index (χ1v) is 8.88. The Morgan fingerprint density at radius 2 is 2.00 bits per heavy atom. The zero-order valence-corrected chi connectivity index (χ0v) is 12.9. The van der Waals surface area contributed by atoms with Gasteiger partial charge in [0.05, 0.1) is 17.5 Å². The highest BCUT2D eigenvalue weighted by Gasteiger charge is 2.14. The lowest BCUT2D eigenvalue weighted by Crippen LogP contribution is -2.27. The van der Waals surface area contributed by atoms with Gasteiger partial charge in [0.15, 0.2) is 0 Å². The van der Waals surface area contributed by atoms with Crippen LogP contribution in [0.25, 0.3) is 0 Å². The highest BCUT2D eigenvalue weighted by molar-refractivity contribution is 7.92. The van der Waals surface area contributed by atoms with Crippen LogP contribution in [0.4, 0.5) is 5.69 Å². The number of allylic oxidation sites excluding steroid dienone is 1. The first-order chi connectivity index (χ1) is 9.96. The largest absolute Gasteiger partial charge is 0.348 e. The molecule has 0 radical (unpaired) electrons. The van der Waals surface area contributed by atoms with Crippen molar-refractivity contribution in [2.24, 2.45) is 0 Å². The van der Waals surface area contributed by atoms with E-state index in [2.05, 4.69) is 16.1 Å². The Hall–Kier alpha value is -1.82. The van der Waals surface area contributed by atoms with Gasteiger partial charge in [0, 0.05) is 6.54 Å². The zero-order chi connectivity index (χ0) is 15.3. The second-order valence-corrected chi connectivity index (χ2v) is 6.96. The zero-order valence-electron chi connectivity index (χ0n) is 12.1. The third-order valence-electron chi connectivity index (χ3n) is 3.33. The molecule has 0 saturated heterocycles. The number of anilines is 1. The molecule has 0 fully saturated rings. The average Bonchev–Trinajstić information content (AvgIpc) is 2.45. The van der Waals surface area contributed by atoms with E-state index in [0.717, 1.165) is 25.5 Å². The molecule has 0 aromatic heterocycles. The minimum atomic E-state index is -3.41. The fourth-order valence-corrected chi connectivity index (χ4v) is 2.90. The van der Waals surface area contributed by atoms with Gasteiger partial charge in [-0.2, -0.15) is 0 Å². The summed E-state index contributed by atoms with van der Waals surface area (Å²) < 4.78 is 25.0. The highest BCUT2D eigenvalue weighted by Crippen LogP contribution is 2.18. The summed E-state index contributed by atoms with van der Waals surface area (Å²) in [6, 6.07) is 6.59. The molecule has 114 valence electrons. The Labute approximate surface area is 125 Å². The minimum Gasteiger partial charge on any atom is -0.348 e. The van der Waals surface area contributed by atoms with E-state index < -0.39 is 10.0 Å². The molecule has 0 heterocycles. The molecule has 1 amide bonds. The highest BCUT2D eigenvalue weighted by atomic mass is 32.2. The molecule has 0 aliphatic heterocycles. The number of nitrogens with one attached hydrogen (secondary N) is 2. The Kier molecular flexibility index (Phi) is 5.01. The first kappa shape index (κ1) is 15.6. The van der Waals surface area contributed by atoms with E-state index in [1.54, 1.807) is 24.3 Å². The average molecular weight is 308 g/mol. The number of hydrogen-bond acceptors (Lipinski definition) is 3. The lowest BCUT2D eigenvalue weighted by Gasteiger charge is -2.15. The molecule has 1 aromatic rings. The van der Waals surface area contributed by atoms with Gasteiger partial charge in [-0.05, 0) is 37.8 Å². The topological polar surface area (TPSA) is 75.3 Å². The van der Waals surface area contributed by atoms with Crippen LogP contribution in [0.1, 0.15) is 36.0 Å². The Morgan fingerprint density at radius 1 is 1.24 bits per heavy atom. The van der Waals surface area contributed by atoms with Gasteiger partial charge in [-0.3, -0.25) is 9.52 Å². The number of carbonyl (C=O) groups is 1. The van der Waals surface area contributed by atoms with Crippen molar-refractivity contribution in [3.8, 4) is 0 Å². The Balaban J connectivity index is 2.06. The third kappa shape index (κ3) is 4.90. The molecule has 5 nitrogen and oxygen atoms in total. The summed E-state index contributed by atoms with van der Waals surface area (Å²) >= 11 is 0. The molecule has 0 unspecified atom stereocenters. The van der Waals surface area contributed by atoms with Crippen molar-refractivity contribution in [2.75, 3.05) is 17.5 Å². The molecule has 0 spiro atoms. The number of rotatable bonds is 5. The number of benzene rings is 1. The summed E-state index contributed by atoms with van der Waals surface area (Å²) in [6.45, 7) is 0.520. The van der Waals surface area contributed by atoms with Crippen molar-refractivity contribution in [3.05, 3.63) is 41.5 Å². The Bertz CT molecular complexity index is 651. The number of carbonyl (C=O) groups excluding carboxylic acids is 1. The lowest BCUT2D eigenvalue weighted by atomic mass is 9.99. The van der Waals surface area contributed by atoms with Crippen LogP contribution in [0.5, 0.6) is 0 Å². The van der Waals surface area contributed by atoms with Crippen molar-refractivity contribution in [3.63, 3.8) is 0 Å². The number of hydrogen-bond donors (Lipinski definition) is 2. The summed E-state index contributed by atoms with van der Waals surface area (Å²) in [4.78, 5) is 12.2. The predicted molar refractivity (Wildman–Crippen MR) is 83.8 cm³/mol. The van der Waals surface area contributed by atoms with Gasteiger partial charge in [0.25, 0.3) is 5.91 Å². The van der Waals surface area contributed by atoms with Crippen LogP contribution >= 0.6 is 0 Å². The predicted octanol–water partition coefficient (Wildman–Crippen LogP) is 2.29. The molecule has 0 bridgehead atoms. The van der Waals surface area contributed by atoms with Gasteiger partial charge in [-0.25, -0.2) is 8.42 Å². The standard InChI is InChI=1S/C15H20N2O3S/c1-21(19,20)17-14-10-6-5-9-13(14)15(18)16-11-12-7-3-2-4-8-12/h5-7,9-10,17H,2-4,8,11H2,1H3,(H,16,18). The third-order valence-corrected chi connectivity index (χ3v) is 3.92. The molecule has 6 heteroatoms. The van der Waals surface area contributed by atoms with Crippen LogP contribution in [-0.2, 0) is 10.0 Å². The molecule has 0 atom stereocenters. The molecule has 21 heavy (non-hydrogen) atoms. The summed E-state index contributed by atoms with van der Waals surface area (Å²) in [5, 5.41) is 2.85. The maximum atomic E-state index is 12.2. The van der Waals surface area contributed by atoms with E-state index >= 15 is 0 Å². The van der Waals surface area contributed by atoms with Crippen molar-refractivity contribution in [1.29, 1.82) is 0 Å². The molecule has 1 aliphatic rings. The van der Waals surface area contributed by atoms with E-state index in [9.17, 15) is 13.2 Å². The van der Waals surface area contributed by atoms with E-state index in [-0.39, 0.29) is 5.91 Å². The molecular weight excluding hydrogens is 288 g/mol. The van der Waals surface area contributed by atoms with Crippen LogP contribution in [0.15, 0.2) is 35.9 Å². The monoisotopic (exact) mass is 308 g/mol. The summed E-state index contributed by atoms with van der Waals surface area (Å²) in [6.07, 6.45) is 7.69. The van der Waals surface area contributed by atoms with Crippen LogP contribution in [0.3, 0.4) is 0 Å². The van der Waals surface area contributed by atoms with E-state index in [1.165, 1.54) is 12.0 Å². The lowest BCUT2D eigenvalue weighted by molar-refractivity contribution is 0.0957. The fourth-order valence-electron chi connectivity index (χ4n) is 2.32. The molecule has 1 aromatic carbocycles. The van der Waals surface area contributed by atoms with Gasteiger partial charge < -0.3 is 5.32 Å². The molecule has 2 rings (SSSR count). The maximum absolute atomic E-state index is 12.2. The van der Waals surface area contributed by atoms with Crippen molar-refractivity contribution >= 4 is 21.6 Å². The molecule has 2 N–H and O–H groups in total. The van der Waals surface area contributed by atoms with Gasteiger partial charge in [-0.1, -0.05) is 23.8 Å². The summed E-state index contributed by atoms with van der Waals surface area (Å²) in [5.74, 6) is -0.270. The second kappa shape index (κ2) is 6.76. The van der Waals surface area contributed by atoms with Gasteiger partial charge in [0.1, 0.15) is 0 Å². The van der Waals surface area contributed by atoms with Gasteiger partial charge in [0.2, 0.25) is 10.0 Å². The second-order valence-electron chi connectivity index (χ2n) is 5.21. The van der Waals surface area contributed by atoms with Crippen LogP contribution in [0.2, 0.25) is 0 Å².